The second kappa shape index (κ2) is 4.40. The first-order valence-corrected chi connectivity index (χ1v) is 7.00. The maximum atomic E-state index is 3.70. The number of hydrogen-bond donors (Lipinski definition) is 0. The van der Waals surface area contributed by atoms with E-state index in [2.05, 4.69) is 78.3 Å². The molecule has 3 rings (SSSR count). The van der Waals surface area contributed by atoms with Crippen LogP contribution in [0, 0.1) is 6.92 Å². The van der Waals surface area contributed by atoms with Crippen molar-refractivity contribution in [1.82, 2.24) is 0 Å². The molecule has 0 fully saturated rings. The predicted molar refractivity (Wildman–Crippen MR) is 80.8 cm³/mol. The molecule has 18 heavy (non-hydrogen) atoms. The average molecular weight is 299 g/mol. The fourth-order valence-electron chi connectivity index (χ4n) is 2.80. The van der Waals surface area contributed by atoms with Crippen molar-refractivity contribution in [2.45, 2.75) is 19.8 Å². The lowest BCUT2D eigenvalue weighted by Gasteiger charge is -2.15. The van der Waals surface area contributed by atoms with Crippen LogP contribution >= 0.6 is 15.9 Å². The van der Waals surface area contributed by atoms with E-state index in [-0.39, 0.29) is 0 Å². The monoisotopic (exact) mass is 298 g/mol. The Kier molecular flexibility index (Phi) is 2.87. The van der Waals surface area contributed by atoms with E-state index in [1.807, 2.05) is 0 Å². The largest absolute Gasteiger partial charge is 0.0690 e. The van der Waals surface area contributed by atoms with E-state index in [0.29, 0.717) is 5.92 Å². The summed E-state index contributed by atoms with van der Waals surface area (Å²) in [5.41, 5.74) is 6.92. The number of benzene rings is 2. The van der Waals surface area contributed by atoms with Crippen LogP contribution < -0.4 is 0 Å². The first kappa shape index (κ1) is 11.7. The molecule has 0 heterocycles. The van der Waals surface area contributed by atoms with Gasteiger partial charge in [-0.25, -0.2) is 0 Å². The SMILES string of the molecule is CC1=CC(c2ccccc2C)c2c(Br)cccc21. The summed E-state index contributed by atoms with van der Waals surface area (Å²) < 4.78 is 1.21. The summed E-state index contributed by atoms with van der Waals surface area (Å²) in [4.78, 5) is 0. The number of aryl methyl sites for hydroxylation is 1. The van der Waals surface area contributed by atoms with Crippen LogP contribution in [0.15, 0.2) is 53.0 Å². The fraction of sp³-hybridized carbons (Fsp3) is 0.176. The quantitative estimate of drug-likeness (QED) is 0.669. The van der Waals surface area contributed by atoms with Gasteiger partial charge in [0.25, 0.3) is 0 Å². The van der Waals surface area contributed by atoms with E-state index < -0.39 is 0 Å². The molecule has 1 heteroatoms. The standard InChI is InChI=1S/C17H15Br/c1-11-6-3-4-7-13(11)15-10-12(2)14-8-5-9-16(18)17(14)15/h3-10,15H,1-2H3. The van der Waals surface area contributed by atoms with Crippen LogP contribution in [0.5, 0.6) is 0 Å². The molecule has 0 N–H and O–H groups in total. The van der Waals surface area contributed by atoms with Crippen LogP contribution in [-0.4, -0.2) is 0 Å². The number of allylic oxidation sites excluding steroid dienone is 2. The molecule has 0 saturated heterocycles. The summed E-state index contributed by atoms with van der Waals surface area (Å²) in [6.45, 7) is 4.39. The third-order valence-electron chi connectivity index (χ3n) is 3.73. The van der Waals surface area contributed by atoms with Crippen LogP contribution in [0.3, 0.4) is 0 Å². The van der Waals surface area contributed by atoms with E-state index >= 15 is 0 Å². The number of rotatable bonds is 1. The molecule has 0 nitrogen and oxygen atoms in total. The van der Waals surface area contributed by atoms with E-state index in [0.717, 1.165) is 0 Å². The summed E-state index contributed by atoms with van der Waals surface area (Å²) in [5.74, 6) is 0.386. The molecule has 0 radical (unpaired) electrons. The Morgan fingerprint density at radius 2 is 1.72 bits per heavy atom. The summed E-state index contributed by atoms with van der Waals surface area (Å²) in [6.07, 6.45) is 2.37. The van der Waals surface area contributed by atoms with Gasteiger partial charge in [0, 0.05) is 10.4 Å². The van der Waals surface area contributed by atoms with E-state index in [9.17, 15) is 0 Å². The first-order chi connectivity index (χ1) is 8.68. The highest BCUT2D eigenvalue weighted by molar-refractivity contribution is 9.10. The maximum Gasteiger partial charge on any atom is 0.0295 e. The van der Waals surface area contributed by atoms with Crippen molar-refractivity contribution < 1.29 is 0 Å². The highest BCUT2D eigenvalue weighted by Gasteiger charge is 2.25. The zero-order chi connectivity index (χ0) is 12.7. The smallest absolute Gasteiger partial charge is 0.0295 e. The van der Waals surface area contributed by atoms with Gasteiger partial charge in [0.2, 0.25) is 0 Å². The van der Waals surface area contributed by atoms with E-state index in [1.54, 1.807) is 0 Å². The molecule has 0 amide bonds. The van der Waals surface area contributed by atoms with Crippen LogP contribution in [0.4, 0.5) is 0 Å². The zero-order valence-corrected chi connectivity index (χ0v) is 12.2. The highest BCUT2D eigenvalue weighted by atomic mass is 79.9. The molecule has 1 aliphatic carbocycles. The van der Waals surface area contributed by atoms with Gasteiger partial charge < -0.3 is 0 Å². The number of halogens is 1. The Morgan fingerprint density at radius 3 is 2.50 bits per heavy atom. The molecule has 90 valence electrons. The lowest BCUT2D eigenvalue weighted by molar-refractivity contribution is 1.02. The second-order valence-corrected chi connectivity index (χ2v) is 5.74. The molecule has 2 aromatic rings. The lowest BCUT2D eigenvalue weighted by atomic mass is 9.90. The van der Waals surface area contributed by atoms with Gasteiger partial charge >= 0.3 is 0 Å². The minimum absolute atomic E-state index is 0.386. The van der Waals surface area contributed by atoms with Gasteiger partial charge in [-0.15, -0.1) is 0 Å². The van der Waals surface area contributed by atoms with Gasteiger partial charge in [-0.2, -0.15) is 0 Å². The minimum Gasteiger partial charge on any atom is -0.0690 e. The van der Waals surface area contributed by atoms with Gasteiger partial charge in [-0.1, -0.05) is 58.4 Å². The molecule has 0 aliphatic heterocycles. The van der Waals surface area contributed by atoms with Gasteiger partial charge in [0.05, 0.1) is 0 Å². The summed E-state index contributed by atoms with van der Waals surface area (Å²) >= 11 is 3.70. The molecule has 0 aromatic heterocycles. The van der Waals surface area contributed by atoms with Crippen molar-refractivity contribution in [3.05, 3.63) is 75.3 Å². The zero-order valence-electron chi connectivity index (χ0n) is 10.6. The first-order valence-electron chi connectivity index (χ1n) is 6.21. The third-order valence-corrected chi connectivity index (χ3v) is 4.42. The molecule has 2 aromatic carbocycles. The Hall–Kier alpha value is -1.34. The normalized spacial score (nSPS) is 17.5. The van der Waals surface area contributed by atoms with E-state index in [1.165, 1.54) is 32.3 Å². The van der Waals surface area contributed by atoms with Gasteiger partial charge in [-0.05, 0) is 47.7 Å². The van der Waals surface area contributed by atoms with Crippen LogP contribution in [0.25, 0.3) is 5.57 Å². The Bertz CT molecular complexity index is 638. The molecule has 0 spiro atoms. The molecule has 0 saturated carbocycles. The molecule has 0 bridgehead atoms. The van der Waals surface area contributed by atoms with Crippen LogP contribution in [0.2, 0.25) is 0 Å². The molecule has 1 aliphatic rings. The number of fused-ring (bicyclic) bond motifs is 1. The second-order valence-electron chi connectivity index (χ2n) is 4.89. The van der Waals surface area contributed by atoms with Crippen molar-refractivity contribution in [1.29, 1.82) is 0 Å². The van der Waals surface area contributed by atoms with E-state index in [4.69, 9.17) is 0 Å². The van der Waals surface area contributed by atoms with Gasteiger partial charge in [0.1, 0.15) is 0 Å². The Balaban J connectivity index is 2.21. The van der Waals surface area contributed by atoms with Crippen molar-refractivity contribution in [2.75, 3.05) is 0 Å². The molecule has 1 unspecified atom stereocenters. The summed E-state index contributed by atoms with van der Waals surface area (Å²) in [6, 6.07) is 15.1. The summed E-state index contributed by atoms with van der Waals surface area (Å²) in [5, 5.41) is 0. The van der Waals surface area contributed by atoms with Crippen LogP contribution in [-0.2, 0) is 0 Å². The topological polar surface area (TPSA) is 0 Å². The minimum atomic E-state index is 0.386. The van der Waals surface area contributed by atoms with Crippen molar-refractivity contribution >= 4 is 21.5 Å². The van der Waals surface area contributed by atoms with Gasteiger partial charge in [0.15, 0.2) is 0 Å². The van der Waals surface area contributed by atoms with Crippen molar-refractivity contribution in [3.8, 4) is 0 Å². The van der Waals surface area contributed by atoms with Crippen LogP contribution in [0.1, 0.15) is 35.1 Å². The maximum absolute atomic E-state index is 3.70. The molecule has 1 atom stereocenters. The Labute approximate surface area is 116 Å². The predicted octanol–water partition coefficient (Wildman–Crippen LogP) is 5.31. The Morgan fingerprint density at radius 1 is 0.944 bits per heavy atom. The van der Waals surface area contributed by atoms with Crippen molar-refractivity contribution in [2.24, 2.45) is 0 Å². The molecular formula is C17H15Br. The highest BCUT2D eigenvalue weighted by Crippen LogP contribution is 2.44. The van der Waals surface area contributed by atoms with Gasteiger partial charge in [-0.3, -0.25) is 0 Å². The third kappa shape index (κ3) is 1.74. The van der Waals surface area contributed by atoms with Crippen molar-refractivity contribution in [3.63, 3.8) is 0 Å². The molecular weight excluding hydrogens is 284 g/mol. The lowest BCUT2D eigenvalue weighted by Crippen LogP contribution is -1.99. The number of hydrogen-bond acceptors (Lipinski definition) is 0. The summed E-state index contributed by atoms with van der Waals surface area (Å²) in [7, 11) is 0. The average Bonchev–Trinajstić information content (AvgIpc) is 2.69. The fourth-order valence-corrected chi connectivity index (χ4v) is 3.41.